The summed E-state index contributed by atoms with van der Waals surface area (Å²) < 4.78 is 0. The fourth-order valence-electron chi connectivity index (χ4n) is 3.14. The molecule has 0 bridgehead atoms. The molecule has 0 aromatic heterocycles. The topological polar surface area (TPSA) is 47.6 Å². The third-order valence-electron chi connectivity index (χ3n) is 4.84. The van der Waals surface area contributed by atoms with E-state index in [1.54, 1.807) is 0 Å². The molecule has 1 atom stereocenters. The van der Waals surface area contributed by atoms with Gasteiger partial charge in [0.25, 0.3) is 0 Å². The average molecular weight is 332 g/mol. The van der Waals surface area contributed by atoms with E-state index in [1.165, 1.54) is 11.1 Å². The molecule has 5 nitrogen and oxygen atoms in total. The van der Waals surface area contributed by atoms with E-state index in [0.717, 1.165) is 39.3 Å². The molecule has 2 rings (SSSR count). The molecule has 0 aliphatic carbocycles. The van der Waals surface area contributed by atoms with Crippen LogP contribution in [0.15, 0.2) is 24.3 Å². The predicted molar refractivity (Wildman–Crippen MR) is 98.8 cm³/mol. The third-order valence-corrected chi connectivity index (χ3v) is 4.84. The number of amides is 1. The maximum Gasteiger partial charge on any atom is 0.224 e. The van der Waals surface area contributed by atoms with E-state index in [4.69, 9.17) is 0 Å². The number of rotatable bonds is 8. The molecule has 1 aliphatic rings. The van der Waals surface area contributed by atoms with Crippen LogP contribution < -0.4 is 10.6 Å². The van der Waals surface area contributed by atoms with Crippen LogP contribution in [0.4, 0.5) is 0 Å². The number of nitrogens with one attached hydrogen (secondary N) is 2. The number of piperazine rings is 1. The fourth-order valence-corrected chi connectivity index (χ4v) is 3.14. The Kier molecular flexibility index (Phi) is 7.69. The SMILES string of the molecule is CCN1CCN(Cc2ccccc2CNC(=O)C(C)CNC)CC1. The van der Waals surface area contributed by atoms with Gasteiger partial charge in [-0.2, -0.15) is 0 Å². The van der Waals surface area contributed by atoms with Crippen LogP contribution >= 0.6 is 0 Å². The van der Waals surface area contributed by atoms with Crippen LogP contribution in [-0.4, -0.2) is 62.0 Å². The second-order valence-electron chi connectivity index (χ2n) is 6.66. The average Bonchev–Trinajstić information content (AvgIpc) is 2.61. The van der Waals surface area contributed by atoms with Crippen molar-refractivity contribution in [3.63, 3.8) is 0 Å². The van der Waals surface area contributed by atoms with Crippen LogP contribution in [0.5, 0.6) is 0 Å². The Labute approximate surface area is 146 Å². The van der Waals surface area contributed by atoms with Gasteiger partial charge in [-0.15, -0.1) is 0 Å². The third kappa shape index (κ3) is 5.58. The normalized spacial score (nSPS) is 17.6. The van der Waals surface area contributed by atoms with E-state index in [9.17, 15) is 4.79 Å². The van der Waals surface area contributed by atoms with Crippen molar-refractivity contribution in [2.45, 2.75) is 26.9 Å². The lowest BCUT2D eigenvalue weighted by Gasteiger charge is -2.34. The maximum atomic E-state index is 12.1. The Morgan fingerprint density at radius 2 is 1.75 bits per heavy atom. The van der Waals surface area contributed by atoms with Crippen molar-refractivity contribution in [3.8, 4) is 0 Å². The van der Waals surface area contributed by atoms with Gasteiger partial charge in [-0.25, -0.2) is 0 Å². The molecule has 5 heteroatoms. The molecular weight excluding hydrogens is 300 g/mol. The highest BCUT2D eigenvalue weighted by molar-refractivity contribution is 5.78. The molecule has 1 aromatic carbocycles. The highest BCUT2D eigenvalue weighted by Gasteiger charge is 2.17. The molecule has 24 heavy (non-hydrogen) atoms. The minimum Gasteiger partial charge on any atom is -0.352 e. The van der Waals surface area contributed by atoms with Crippen LogP contribution in [0, 0.1) is 5.92 Å². The summed E-state index contributed by atoms with van der Waals surface area (Å²) >= 11 is 0. The first-order valence-electron chi connectivity index (χ1n) is 9.07. The number of nitrogens with zero attached hydrogens (tertiary/aromatic N) is 2. The van der Waals surface area contributed by atoms with E-state index in [1.807, 2.05) is 14.0 Å². The molecule has 2 N–H and O–H groups in total. The summed E-state index contributed by atoms with van der Waals surface area (Å²) in [5.74, 6) is 0.0972. The Balaban J connectivity index is 1.89. The smallest absolute Gasteiger partial charge is 0.224 e. The van der Waals surface area contributed by atoms with Gasteiger partial charge >= 0.3 is 0 Å². The highest BCUT2D eigenvalue weighted by atomic mass is 16.1. The predicted octanol–water partition coefficient (Wildman–Crippen LogP) is 1.30. The lowest BCUT2D eigenvalue weighted by Crippen LogP contribution is -2.45. The number of hydrogen-bond donors (Lipinski definition) is 2. The van der Waals surface area contributed by atoms with Crippen LogP contribution in [-0.2, 0) is 17.9 Å². The lowest BCUT2D eigenvalue weighted by atomic mass is 10.1. The summed E-state index contributed by atoms with van der Waals surface area (Å²) in [6.45, 7) is 12.1. The van der Waals surface area contributed by atoms with Crippen molar-refractivity contribution in [2.24, 2.45) is 5.92 Å². The number of benzene rings is 1. The van der Waals surface area contributed by atoms with Gasteiger partial charge in [0.2, 0.25) is 5.91 Å². The van der Waals surface area contributed by atoms with Gasteiger partial charge in [0.1, 0.15) is 0 Å². The quantitative estimate of drug-likeness (QED) is 0.753. The van der Waals surface area contributed by atoms with Crippen LogP contribution in [0.1, 0.15) is 25.0 Å². The van der Waals surface area contributed by atoms with Crippen molar-refractivity contribution >= 4 is 5.91 Å². The minimum absolute atomic E-state index is 0.00992. The first-order chi connectivity index (χ1) is 11.6. The monoisotopic (exact) mass is 332 g/mol. The zero-order chi connectivity index (χ0) is 17.4. The lowest BCUT2D eigenvalue weighted by molar-refractivity contribution is -0.124. The summed E-state index contributed by atoms with van der Waals surface area (Å²) in [5.41, 5.74) is 2.55. The van der Waals surface area contributed by atoms with Crippen LogP contribution in [0.2, 0.25) is 0 Å². The number of hydrogen-bond acceptors (Lipinski definition) is 4. The highest BCUT2D eigenvalue weighted by Crippen LogP contribution is 2.13. The van der Waals surface area contributed by atoms with Crippen LogP contribution in [0.3, 0.4) is 0 Å². The molecule has 1 fully saturated rings. The number of likely N-dealkylation sites (N-methyl/N-ethyl adjacent to an activating group) is 1. The second kappa shape index (κ2) is 9.77. The summed E-state index contributed by atoms with van der Waals surface area (Å²) in [6.07, 6.45) is 0. The Bertz CT molecular complexity index is 512. The molecule has 134 valence electrons. The molecule has 1 aromatic rings. The maximum absolute atomic E-state index is 12.1. The minimum atomic E-state index is -0.00992. The van der Waals surface area contributed by atoms with Gasteiger partial charge in [-0.1, -0.05) is 38.1 Å². The number of carbonyl (C=O) groups is 1. The molecule has 1 saturated heterocycles. The van der Waals surface area contributed by atoms with E-state index in [0.29, 0.717) is 13.1 Å². The van der Waals surface area contributed by atoms with Gasteiger partial charge < -0.3 is 15.5 Å². The molecule has 1 heterocycles. The number of carbonyl (C=O) groups excluding carboxylic acids is 1. The standard InChI is InChI=1S/C19H32N4O/c1-4-22-9-11-23(12-10-22)15-18-8-6-5-7-17(18)14-21-19(24)16(2)13-20-3/h5-8,16,20H,4,9-15H2,1-3H3,(H,21,24). The summed E-state index contributed by atoms with van der Waals surface area (Å²) in [4.78, 5) is 17.1. The van der Waals surface area contributed by atoms with E-state index in [2.05, 4.69) is 51.6 Å². The Morgan fingerprint density at radius 1 is 1.12 bits per heavy atom. The van der Waals surface area contributed by atoms with Gasteiger partial charge in [0.05, 0.1) is 0 Å². The van der Waals surface area contributed by atoms with Gasteiger partial charge in [0, 0.05) is 51.7 Å². The first-order valence-corrected chi connectivity index (χ1v) is 9.07. The first kappa shape index (κ1) is 18.9. The van der Waals surface area contributed by atoms with Gasteiger partial charge in [0.15, 0.2) is 0 Å². The molecule has 0 radical (unpaired) electrons. The summed E-state index contributed by atoms with van der Waals surface area (Å²) in [5, 5.41) is 6.12. The van der Waals surface area contributed by atoms with E-state index in [-0.39, 0.29) is 11.8 Å². The fraction of sp³-hybridized carbons (Fsp3) is 0.632. The van der Waals surface area contributed by atoms with Gasteiger partial charge in [-0.05, 0) is 24.7 Å². The zero-order valence-electron chi connectivity index (χ0n) is 15.3. The van der Waals surface area contributed by atoms with E-state index < -0.39 is 0 Å². The molecular formula is C19H32N4O. The zero-order valence-corrected chi connectivity index (χ0v) is 15.3. The largest absolute Gasteiger partial charge is 0.352 e. The van der Waals surface area contributed by atoms with Crippen molar-refractivity contribution < 1.29 is 4.79 Å². The molecule has 1 unspecified atom stereocenters. The second-order valence-corrected chi connectivity index (χ2v) is 6.66. The van der Waals surface area contributed by atoms with Gasteiger partial charge in [-0.3, -0.25) is 9.69 Å². The van der Waals surface area contributed by atoms with Crippen molar-refractivity contribution in [1.29, 1.82) is 0 Å². The van der Waals surface area contributed by atoms with E-state index >= 15 is 0 Å². The Hall–Kier alpha value is -1.43. The molecule has 1 aliphatic heterocycles. The molecule has 0 spiro atoms. The summed E-state index contributed by atoms with van der Waals surface area (Å²) in [7, 11) is 1.87. The molecule has 1 amide bonds. The van der Waals surface area contributed by atoms with Crippen molar-refractivity contribution in [3.05, 3.63) is 35.4 Å². The Morgan fingerprint density at radius 3 is 2.38 bits per heavy atom. The van der Waals surface area contributed by atoms with Crippen molar-refractivity contribution in [1.82, 2.24) is 20.4 Å². The summed E-state index contributed by atoms with van der Waals surface area (Å²) in [6, 6.07) is 8.45. The van der Waals surface area contributed by atoms with Crippen molar-refractivity contribution in [2.75, 3.05) is 46.3 Å². The molecule has 0 saturated carbocycles. The van der Waals surface area contributed by atoms with Crippen LogP contribution in [0.25, 0.3) is 0 Å².